The summed E-state index contributed by atoms with van der Waals surface area (Å²) < 4.78 is 10.9. The minimum Gasteiger partial charge on any atom is -0.346 e. The summed E-state index contributed by atoms with van der Waals surface area (Å²) in [5, 5.41) is 0. The molecule has 0 bridgehead atoms. The molecular formula is C10H15NO3. The van der Waals surface area contributed by atoms with Crippen molar-refractivity contribution >= 4 is 6.08 Å². The predicted molar refractivity (Wildman–Crippen MR) is 51.6 cm³/mol. The van der Waals surface area contributed by atoms with Gasteiger partial charge in [-0.2, -0.15) is 4.99 Å². The van der Waals surface area contributed by atoms with E-state index in [9.17, 15) is 4.79 Å². The average Bonchev–Trinajstić information content (AvgIpc) is 2.09. The fourth-order valence-electron chi connectivity index (χ4n) is 1.25. The maximum Gasteiger partial charge on any atom is 0.235 e. The topological polar surface area (TPSA) is 47.9 Å². The fourth-order valence-corrected chi connectivity index (χ4v) is 1.25. The first-order valence-corrected chi connectivity index (χ1v) is 4.69. The van der Waals surface area contributed by atoms with E-state index in [4.69, 9.17) is 9.47 Å². The number of carbonyl (C=O) groups excluding carboxylic acids is 1. The fraction of sp³-hybridized carbons (Fsp3) is 0.700. The zero-order valence-corrected chi connectivity index (χ0v) is 8.64. The van der Waals surface area contributed by atoms with Gasteiger partial charge in [0.2, 0.25) is 6.08 Å². The molecule has 4 nitrogen and oxygen atoms in total. The van der Waals surface area contributed by atoms with Crippen molar-refractivity contribution in [1.82, 2.24) is 0 Å². The van der Waals surface area contributed by atoms with Crippen molar-refractivity contribution in [2.24, 2.45) is 4.99 Å². The number of rotatable bonds is 3. The van der Waals surface area contributed by atoms with Crippen LogP contribution in [-0.4, -0.2) is 30.6 Å². The maximum atomic E-state index is 10.1. The van der Waals surface area contributed by atoms with Gasteiger partial charge >= 0.3 is 0 Å². The van der Waals surface area contributed by atoms with Gasteiger partial charge in [0.15, 0.2) is 6.29 Å². The molecule has 0 aromatic carbocycles. The number of nitrogens with zero attached hydrogens (tertiary/aromatic N) is 1. The number of hydrogen-bond acceptors (Lipinski definition) is 4. The summed E-state index contributed by atoms with van der Waals surface area (Å²) in [6.07, 6.45) is 4.74. The second-order valence-electron chi connectivity index (χ2n) is 3.49. The van der Waals surface area contributed by atoms with Crippen LogP contribution in [0.25, 0.3) is 0 Å². The Kier molecular flexibility index (Phi) is 4.01. The molecule has 1 aliphatic rings. The Morgan fingerprint density at radius 2 is 2.21 bits per heavy atom. The van der Waals surface area contributed by atoms with E-state index in [2.05, 4.69) is 4.99 Å². The van der Waals surface area contributed by atoms with Gasteiger partial charge in [0, 0.05) is 0 Å². The number of isocyanates is 1. The van der Waals surface area contributed by atoms with E-state index in [0.29, 0.717) is 0 Å². The van der Waals surface area contributed by atoms with Crippen molar-refractivity contribution in [2.45, 2.75) is 45.3 Å². The highest BCUT2D eigenvalue weighted by molar-refractivity contribution is 5.34. The SMILES string of the molecule is CC(C)O[C@@H]1C=C[C@H](N=C=O)[C@@H](C)O1. The maximum absolute atomic E-state index is 10.1. The molecule has 1 rings (SSSR count). The summed E-state index contributed by atoms with van der Waals surface area (Å²) in [4.78, 5) is 13.7. The lowest BCUT2D eigenvalue weighted by Crippen LogP contribution is -2.34. The quantitative estimate of drug-likeness (QED) is 0.390. The second-order valence-corrected chi connectivity index (χ2v) is 3.49. The van der Waals surface area contributed by atoms with Gasteiger partial charge < -0.3 is 9.47 Å². The van der Waals surface area contributed by atoms with Gasteiger partial charge in [-0.1, -0.05) is 6.08 Å². The lowest BCUT2D eigenvalue weighted by Gasteiger charge is -2.28. The van der Waals surface area contributed by atoms with E-state index in [1.165, 1.54) is 6.08 Å². The Balaban J connectivity index is 2.57. The minimum absolute atomic E-state index is 0.114. The van der Waals surface area contributed by atoms with Gasteiger partial charge in [-0.05, 0) is 26.8 Å². The molecule has 4 heteroatoms. The van der Waals surface area contributed by atoms with Crippen molar-refractivity contribution in [2.75, 3.05) is 0 Å². The van der Waals surface area contributed by atoms with Crippen LogP contribution in [0.5, 0.6) is 0 Å². The van der Waals surface area contributed by atoms with E-state index in [0.717, 1.165) is 0 Å². The third kappa shape index (κ3) is 3.07. The van der Waals surface area contributed by atoms with Gasteiger partial charge in [0.1, 0.15) is 6.04 Å². The van der Waals surface area contributed by atoms with Crippen LogP contribution in [0.2, 0.25) is 0 Å². The van der Waals surface area contributed by atoms with Crippen LogP contribution >= 0.6 is 0 Å². The van der Waals surface area contributed by atoms with Crippen LogP contribution in [0.4, 0.5) is 0 Å². The average molecular weight is 197 g/mol. The van der Waals surface area contributed by atoms with Crippen molar-refractivity contribution < 1.29 is 14.3 Å². The van der Waals surface area contributed by atoms with Gasteiger partial charge in [-0.15, -0.1) is 0 Å². The van der Waals surface area contributed by atoms with Gasteiger partial charge in [-0.25, -0.2) is 4.79 Å². The molecule has 78 valence electrons. The third-order valence-electron chi connectivity index (χ3n) is 1.90. The van der Waals surface area contributed by atoms with E-state index in [1.807, 2.05) is 26.8 Å². The van der Waals surface area contributed by atoms with Crippen molar-refractivity contribution in [3.63, 3.8) is 0 Å². The van der Waals surface area contributed by atoms with Crippen LogP contribution < -0.4 is 0 Å². The lowest BCUT2D eigenvalue weighted by atomic mass is 10.1. The summed E-state index contributed by atoms with van der Waals surface area (Å²) in [5.74, 6) is 0. The molecule has 0 spiro atoms. The largest absolute Gasteiger partial charge is 0.346 e. The van der Waals surface area contributed by atoms with Gasteiger partial charge in [0.05, 0.1) is 12.2 Å². The standard InChI is InChI=1S/C10H15NO3/c1-7(2)13-10-5-4-9(11-6-12)8(3)14-10/h4-5,7-10H,1-3H3/t8-,9+,10+/m1/s1. The van der Waals surface area contributed by atoms with Crippen LogP contribution in [-0.2, 0) is 14.3 Å². The molecular weight excluding hydrogens is 182 g/mol. The molecule has 0 aliphatic carbocycles. The van der Waals surface area contributed by atoms with E-state index < -0.39 is 0 Å². The first-order valence-electron chi connectivity index (χ1n) is 4.69. The van der Waals surface area contributed by atoms with E-state index >= 15 is 0 Å². The molecule has 3 atom stereocenters. The first-order chi connectivity index (χ1) is 6.63. The second kappa shape index (κ2) is 5.05. The molecule has 0 aromatic heterocycles. The molecule has 0 amide bonds. The Bertz CT molecular complexity index is 256. The van der Waals surface area contributed by atoms with Crippen molar-refractivity contribution in [3.05, 3.63) is 12.2 Å². The van der Waals surface area contributed by atoms with Gasteiger partial charge in [-0.3, -0.25) is 0 Å². The predicted octanol–water partition coefficient (Wildman–Crippen LogP) is 1.42. The molecule has 0 saturated heterocycles. The molecule has 0 N–H and O–H groups in total. The highest BCUT2D eigenvalue weighted by Gasteiger charge is 2.23. The normalized spacial score (nSPS) is 31.6. The number of hydrogen-bond donors (Lipinski definition) is 0. The monoisotopic (exact) mass is 197 g/mol. The Morgan fingerprint density at radius 3 is 2.71 bits per heavy atom. The Labute approximate surface area is 83.6 Å². The van der Waals surface area contributed by atoms with Crippen molar-refractivity contribution in [3.8, 4) is 0 Å². The lowest BCUT2D eigenvalue weighted by molar-refractivity contribution is -0.164. The molecule has 0 saturated carbocycles. The highest BCUT2D eigenvalue weighted by Crippen LogP contribution is 2.16. The van der Waals surface area contributed by atoms with Crippen molar-refractivity contribution in [1.29, 1.82) is 0 Å². The minimum atomic E-state index is -0.330. The zero-order chi connectivity index (χ0) is 10.6. The van der Waals surface area contributed by atoms with Crippen LogP contribution in [0.15, 0.2) is 17.1 Å². The molecule has 1 aliphatic heterocycles. The molecule has 14 heavy (non-hydrogen) atoms. The molecule has 0 radical (unpaired) electrons. The van der Waals surface area contributed by atoms with Gasteiger partial charge in [0.25, 0.3) is 0 Å². The van der Waals surface area contributed by atoms with E-state index in [1.54, 1.807) is 6.08 Å². The van der Waals surface area contributed by atoms with Crippen LogP contribution in [0, 0.1) is 0 Å². The number of ether oxygens (including phenoxy) is 2. The summed E-state index contributed by atoms with van der Waals surface area (Å²) in [6, 6.07) is -0.237. The summed E-state index contributed by atoms with van der Waals surface area (Å²) >= 11 is 0. The zero-order valence-electron chi connectivity index (χ0n) is 8.64. The summed E-state index contributed by atoms with van der Waals surface area (Å²) in [6.45, 7) is 5.74. The van der Waals surface area contributed by atoms with Crippen LogP contribution in [0.3, 0.4) is 0 Å². The Morgan fingerprint density at radius 1 is 1.50 bits per heavy atom. The molecule has 0 unspecified atom stereocenters. The van der Waals surface area contributed by atoms with Crippen LogP contribution in [0.1, 0.15) is 20.8 Å². The first kappa shape index (κ1) is 11.1. The molecule has 0 aromatic rings. The Hall–Kier alpha value is -0.960. The summed E-state index contributed by atoms with van der Waals surface area (Å²) in [5.41, 5.74) is 0. The third-order valence-corrected chi connectivity index (χ3v) is 1.90. The summed E-state index contributed by atoms with van der Waals surface area (Å²) in [7, 11) is 0. The highest BCUT2D eigenvalue weighted by atomic mass is 16.7. The van der Waals surface area contributed by atoms with E-state index in [-0.39, 0.29) is 24.5 Å². The molecule has 0 fully saturated rings. The molecule has 1 heterocycles. The number of aliphatic imine (C=N–C) groups is 1. The smallest absolute Gasteiger partial charge is 0.235 e.